The van der Waals surface area contributed by atoms with Gasteiger partial charge in [0.15, 0.2) is 0 Å². The van der Waals surface area contributed by atoms with Crippen molar-refractivity contribution in [3.05, 3.63) is 52.8 Å². The van der Waals surface area contributed by atoms with Crippen molar-refractivity contribution in [2.24, 2.45) is 0 Å². The van der Waals surface area contributed by atoms with Crippen LogP contribution in [0.4, 0.5) is 13.2 Å². The predicted molar refractivity (Wildman–Crippen MR) is 76.2 cm³/mol. The maximum Gasteiger partial charge on any atom is 0.416 e. The SMILES string of the molecule is Cc1coc(S(=O)(=O)N2CCc3c(cccc3C(F)(F)F)C2)c1. The Morgan fingerprint density at radius 1 is 1.26 bits per heavy atom. The second kappa shape index (κ2) is 5.38. The minimum absolute atomic E-state index is 0.0117. The van der Waals surface area contributed by atoms with Crippen molar-refractivity contribution in [3.63, 3.8) is 0 Å². The molecule has 1 aliphatic heterocycles. The summed E-state index contributed by atoms with van der Waals surface area (Å²) in [5, 5.41) is -0.189. The summed E-state index contributed by atoms with van der Waals surface area (Å²) in [6, 6.07) is 5.25. The number of rotatable bonds is 2. The molecular formula is C15H14F3NO3S. The fourth-order valence-electron chi connectivity index (χ4n) is 2.72. The molecule has 0 saturated carbocycles. The molecule has 3 rings (SSSR count). The Hall–Kier alpha value is -1.80. The van der Waals surface area contributed by atoms with Crippen LogP contribution < -0.4 is 0 Å². The summed E-state index contributed by atoms with van der Waals surface area (Å²) in [4.78, 5) is 0. The number of sulfonamides is 1. The monoisotopic (exact) mass is 345 g/mol. The fraction of sp³-hybridized carbons (Fsp3) is 0.333. The van der Waals surface area contributed by atoms with Gasteiger partial charge in [0.2, 0.25) is 5.09 Å². The van der Waals surface area contributed by atoms with Crippen molar-refractivity contribution in [2.75, 3.05) is 6.54 Å². The molecule has 124 valence electrons. The lowest BCUT2D eigenvalue weighted by molar-refractivity contribution is -0.138. The van der Waals surface area contributed by atoms with E-state index < -0.39 is 21.8 Å². The van der Waals surface area contributed by atoms with Gasteiger partial charge in [-0.15, -0.1) is 0 Å². The van der Waals surface area contributed by atoms with E-state index in [9.17, 15) is 21.6 Å². The number of hydrogen-bond acceptors (Lipinski definition) is 3. The third-order valence-corrected chi connectivity index (χ3v) is 5.55. The Labute approximate surface area is 131 Å². The van der Waals surface area contributed by atoms with Crippen molar-refractivity contribution in [2.45, 2.75) is 31.2 Å². The molecule has 0 radical (unpaired) electrons. The van der Waals surface area contributed by atoms with Crippen LogP contribution in [0.25, 0.3) is 0 Å². The highest BCUT2D eigenvalue weighted by molar-refractivity contribution is 7.89. The van der Waals surface area contributed by atoms with Gasteiger partial charge in [0.1, 0.15) is 0 Å². The van der Waals surface area contributed by atoms with Gasteiger partial charge in [-0.1, -0.05) is 12.1 Å². The van der Waals surface area contributed by atoms with Crippen LogP contribution >= 0.6 is 0 Å². The van der Waals surface area contributed by atoms with Gasteiger partial charge in [-0.2, -0.15) is 17.5 Å². The molecule has 1 aliphatic rings. The number of alkyl halides is 3. The first kappa shape index (κ1) is 16.1. The Morgan fingerprint density at radius 2 is 2.00 bits per heavy atom. The molecule has 0 aliphatic carbocycles. The van der Waals surface area contributed by atoms with Crippen LogP contribution in [0.15, 0.2) is 40.0 Å². The lowest BCUT2D eigenvalue weighted by Crippen LogP contribution is -2.36. The topological polar surface area (TPSA) is 50.5 Å². The van der Waals surface area contributed by atoms with Gasteiger partial charge in [-0.3, -0.25) is 0 Å². The highest BCUT2D eigenvalue weighted by atomic mass is 32.2. The Kier molecular flexibility index (Phi) is 3.76. The Bertz CT molecular complexity index is 840. The molecule has 0 N–H and O–H groups in total. The minimum atomic E-state index is -4.44. The molecule has 1 aromatic heterocycles. The Balaban J connectivity index is 1.95. The van der Waals surface area contributed by atoms with Crippen LogP contribution in [0.1, 0.15) is 22.3 Å². The highest BCUT2D eigenvalue weighted by Crippen LogP contribution is 2.36. The van der Waals surface area contributed by atoms with E-state index in [2.05, 4.69) is 0 Å². The lowest BCUT2D eigenvalue weighted by Gasteiger charge is -2.29. The van der Waals surface area contributed by atoms with Gasteiger partial charge in [-0.25, -0.2) is 8.42 Å². The second-order valence-electron chi connectivity index (χ2n) is 5.47. The fourth-order valence-corrected chi connectivity index (χ4v) is 4.12. The number of nitrogens with zero attached hydrogens (tertiary/aromatic N) is 1. The molecule has 2 aromatic rings. The molecule has 2 heterocycles. The first-order valence-electron chi connectivity index (χ1n) is 6.93. The van der Waals surface area contributed by atoms with E-state index in [1.54, 1.807) is 6.92 Å². The molecule has 0 spiro atoms. The average molecular weight is 345 g/mol. The number of aryl methyl sites for hydroxylation is 1. The molecule has 8 heteroatoms. The van der Waals surface area contributed by atoms with Crippen molar-refractivity contribution < 1.29 is 26.0 Å². The summed E-state index contributed by atoms with van der Waals surface area (Å²) in [5.41, 5.74) is 0.515. The first-order chi connectivity index (χ1) is 10.7. The third-order valence-electron chi connectivity index (χ3n) is 3.84. The van der Waals surface area contributed by atoms with Gasteiger partial charge in [0.05, 0.1) is 11.8 Å². The summed E-state index contributed by atoms with van der Waals surface area (Å²) >= 11 is 0. The maximum absolute atomic E-state index is 13.0. The van der Waals surface area contributed by atoms with Crippen LogP contribution in [0.2, 0.25) is 0 Å². The average Bonchev–Trinajstić information content (AvgIpc) is 2.92. The number of furan rings is 1. The van der Waals surface area contributed by atoms with Gasteiger partial charge < -0.3 is 4.42 Å². The maximum atomic E-state index is 13.0. The molecular weight excluding hydrogens is 331 g/mol. The van der Waals surface area contributed by atoms with Crippen molar-refractivity contribution in [1.29, 1.82) is 0 Å². The zero-order chi connectivity index (χ0) is 16.8. The van der Waals surface area contributed by atoms with E-state index in [0.717, 1.165) is 10.4 Å². The van der Waals surface area contributed by atoms with Crippen LogP contribution in [-0.4, -0.2) is 19.3 Å². The minimum Gasteiger partial charge on any atom is -0.451 e. The van der Waals surface area contributed by atoms with Gasteiger partial charge in [-0.05, 0) is 36.1 Å². The summed E-state index contributed by atoms with van der Waals surface area (Å²) in [7, 11) is -3.85. The van der Waals surface area contributed by atoms with E-state index in [-0.39, 0.29) is 30.2 Å². The molecule has 0 fully saturated rings. The smallest absolute Gasteiger partial charge is 0.416 e. The zero-order valence-electron chi connectivity index (χ0n) is 12.2. The van der Waals surface area contributed by atoms with E-state index >= 15 is 0 Å². The number of benzene rings is 1. The predicted octanol–water partition coefficient (Wildman–Crippen LogP) is 3.35. The van der Waals surface area contributed by atoms with E-state index in [0.29, 0.717) is 11.1 Å². The summed E-state index contributed by atoms with van der Waals surface area (Å²) in [5.74, 6) is 0. The standard InChI is InChI=1S/C15H14F3NO3S/c1-10-7-14(22-9-10)23(20,21)19-6-5-12-11(8-19)3-2-4-13(12)15(16,17)18/h2-4,7,9H,5-6,8H2,1H3. The highest BCUT2D eigenvalue weighted by Gasteiger charge is 2.37. The van der Waals surface area contributed by atoms with Gasteiger partial charge in [0.25, 0.3) is 10.0 Å². The molecule has 0 atom stereocenters. The summed E-state index contributed by atoms with van der Waals surface area (Å²) < 4.78 is 70.3. The molecule has 4 nitrogen and oxygen atoms in total. The summed E-state index contributed by atoms with van der Waals surface area (Å²) in [6.45, 7) is 1.59. The van der Waals surface area contributed by atoms with Crippen molar-refractivity contribution >= 4 is 10.0 Å². The largest absolute Gasteiger partial charge is 0.451 e. The van der Waals surface area contributed by atoms with E-state index in [1.165, 1.54) is 24.5 Å². The lowest BCUT2D eigenvalue weighted by atomic mass is 9.95. The normalized spacial score (nSPS) is 16.3. The molecule has 0 unspecified atom stereocenters. The number of hydrogen-bond donors (Lipinski definition) is 0. The second-order valence-corrected chi connectivity index (χ2v) is 7.34. The molecule has 1 aromatic carbocycles. The first-order valence-corrected chi connectivity index (χ1v) is 8.37. The number of fused-ring (bicyclic) bond motifs is 1. The van der Waals surface area contributed by atoms with Crippen LogP contribution in [0, 0.1) is 6.92 Å². The van der Waals surface area contributed by atoms with Gasteiger partial charge in [0, 0.05) is 19.2 Å². The molecule has 0 amide bonds. The van der Waals surface area contributed by atoms with Crippen molar-refractivity contribution in [3.8, 4) is 0 Å². The molecule has 0 saturated heterocycles. The molecule has 0 bridgehead atoms. The van der Waals surface area contributed by atoms with Crippen LogP contribution in [0.3, 0.4) is 0 Å². The van der Waals surface area contributed by atoms with E-state index in [4.69, 9.17) is 4.42 Å². The third kappa shape index (κ3) is 2.88. The van der Waals surface area contributed by atoms with E-state index in [1.807, 2.05) is 0 Å². The quantitative estimate of drug-likeness (QED) is 0.839. The number of halogens is 3. The van der Waals surface area contributed by atoms with Crippen LogP contribution in [0.5, 0.6) is 0 Å². The Morgan fingerprint density at radius 3 is 2.61 bits per heavy atom. The van der Waals surface area contributed by atoms with Crippen LogP contribution in [-0.2, 0) is 29.2 Å². The van der Waals surface area contributed by atoms with Crippen molar-refractivity contribution in [1.82, 2.24) is 4.31 Å². The van der Waals surface area contributed by atoms with Gasteiger partial charge >= 0.3 is 6.18 Å². The molecule has 23 heavy (non-hydrogen) atoms. The summed E-state index contributed by atoms with van der Waals surface area (Å²) in [6.07, 6.45) is -3.10. The zero-order valence-corrected chi connectivity index (χ0v) is 13.0.